The maximum atomic E-state index is 12.0. The fourth-order valence-corrected chi connectivity index (χ4v) is 3.94. The molecule has 0 unspecified atom stereocenters. The first-order valence-corrected chi connectivity index (χ1v) is 7.39. The van der Waals surface area contributed by atoms with E-state index in [0.717, 1.165) is 5.56 Å². The van der Waals surface area contributed by atoms with E-state index in [1.54, 1.807) is 24.3 Å². The lowest BCUT2D eigenvalue weighted by atomic mass is 10.2. The highest BCUT2D eigenvalue weighted by molar-refractivity contribution is 7.91. The molecule has 1 aliphatic rings. The highest BCUT2D eigenvalue weighted by Gasteiger charge is 2.53. The van der Waals surface area contributed by atoms with Crippen molar-refractivity contribution in [1.29, 1.82) is 0 Å². The van der Waals surface area contributed by atoms with Crippen molar-refractivity contribution in [2.75, 3.05) is 5.75 Å². The van der Waals surface area contributed by atoms with Gasteiger partial charge in [0.15, 0.2) is 9.84 Å². The molecule has 88 valence electrons. The summed E-state index contributed by atoms with van der Waals surface area (Å²) in [6.45, 7) is 1.92. The van der Waals surface area contributed by atoms with E-state index in [9.17, 15) is 8.42 Å². The van der Waals surface area contributed by atoms with Crippen LogP contribution in [0, 0.1) is 12.8 Å². The Balaban J connectivity index is 2.17. The van der Waals surface area contributed by atoms with Gasteiger partial charge in [-0.05, 0) is 25.5 Å². The van der Waals surface area contributed by atoms with Crippen molar-refractivity contribution in [2.24, 2.45) is 5.92 Å². The van der Waals surface area contributed by atoms with Gasteiger partial charge in [-0.2, -0.15) is 0 Å². The predicted octanol–water partition coefficient (Wildman–Crippen LogP) is 2.96. The van der Waals surface area contributed by atoms with Crippen LogP contribution < -0.4 is 0 Å². The van der Waals surface area contributed by atoms with E-state index >= 15 is 0 Å². The van der Waals surface area contributed by atoms with Crippen LogP contribution in [0.1, 0.15) is 12.0 Å². The summed E-state index contributed by atoms with van der Waals surface area (Å²) in [6, 6.07) is 6.82. The molecule has 0 bridgehead atoms. The van der Waals surface area contributed by atoms with Crippen molar-refractivity contribution in [3.63, 3.8) is 0 Å². The van der Waals surface area contributed by atoms with Gasteiger partial charge >= 0.3 is 0 Å². The molecule has 0 aliphatic heterocycles. The van der Waals surface area contributed by atoms with Gasteiger partial charge < -0.3 is 0 Å². The molecule has 0 radical (unpaired) electrons. The average Bonchev–Trinajstić information content (AvgIpc) is 2.73. The van der Waals surface area contributed by atoms with Crippen molar-refractivity contribution >= 4 is 33.0 Å². The summed E-state index contributed by atoms with van der Waals surface area (Å²) in [5.74, 6) is -0.106. The second-order valence-corrected chi connectivity index (χ2v) is 7.83. The topological polar surface area (TPSA) is 34.1 Å². The monoisotopic (exact) mass is 278 g/mol. The van der Waals surface area contributed by atoms with Crippen LogP contribution in [0.25, 0.3) is 0 Å². The van der Waals surface area contributed by atoms with E-state index in [0.29, 0.717) is 11.3 Å². The van der Waals surface area contributed by atoms with Crippen LogP contribution in [-0.4, -0.2) is 18.5 Å². The molecule has 0 amide bonds. The van der Waals surface area contributed by atoms with Crippen LogP contribution in [0.4, 0.5) is 0 Å². The number of sulfone groups is 1. The van der Waals surface area contributed by atoms with E-state index in [-0.39, 0.29) is 11.7 Å². The largest absolute Gasteiger partial charge is 0.224 e. The molecule has 2 rings (SSSR count). The van der Waals surface area contributed by atoms with Crippen molar-refractivity contribution in [3.8, 4) is 0 Å². The highest BCUT2D eigenvalue weighted by Crippen LogP contribution is 2.53. The number of alkyl halides is 2. The zero-order valence-electron chi connectivity index (χ0n) is 8.78. The van der Waals surface area contributed by atoms with Gasteiger partial charge in [0, 0.05) is 5.92 Å². The van der Waals surface area contributed by atoms with Gasteiger partial charge in [-0.15, -0.1) is 23.2 Å². The molecule has 1 atom stereocenters. The average molecular weight is 279 g/mol. The number of benzene rings is 1. The lowest BCUT2D eigenvalue weighted by Gasteiger charge is -2.04. The molecule has 0 N–H and O–H groups in total. The summed E-state index contributed by atoms with van der Waals surface area (Å²) in [5, 5.41) is 0. The third kappa shape index (κ3) is 2.53. The third-order valence-corrected chi connectivity index (χ3v) is 5.51. The molecule has 0 saturated heterocycles. The van der Waals surface area contributed by atoms with Gasteiger partial charge in [0.2, 0.25) is 0 Å². The van der Waals surface area contributed by atoms with E-state index in [1.165, 1.54) is 0 Å². The van der Waals surface area contributed by atoms with E-state index in [2.05, 4.69) is 0 Å². The van der Waals surface area contributed by atoms with Gasteiger partial charge in [0.1, 0.15) is 4.33 Å². The molecule has 2 nitrogen and oxygen atoms in total. The minimum absolute atomic E-state index is 0.0308. The Labute approximate surface area is 105 Å². The SMILES string of the molecule is Cc1ccc(S(=O)(=O)C[C@@H]2CC2(Cl)Cl)cc1. The number of hydrogen-bond donors (Lipinski definition) is 0. The van der Waals surface area contributed by atoms with E-state index in [4.69, 9.17) is 23.2 Å². The smallest absolute Gasteiger partial charge is 0.178 e. The minimum atomic E-state index is -3.25. The Bertz CT molecular complexity index is 491. The fourth-order valence-electron chi connectivity index (χ4n) is 1.56. The van der Waals surface area contributed by atoms with Crippen molar-refractivity contribution in [2.45, 2.75) is 22.6 Å². The molecule has 0 aromatic heterocycles. The van der Waals surface area contributed by atoms with Crippen molar-refractivity contribution < 1.29 is 8.42 Å². The number of hydrogen-bond acceptors (Lipinski definition) is 2. The van der Waals surface area contributed by atoms with Crippen LogP contribution >= 0.6 is 23.2 Å². The Morgan fingerprint density at radius 1 is 1.31 bits per heavy atom. The zero-order chi connectivity index (χ0) is 12.0. The maximum Gasteiger partial charge on any atom is 0.178 e. The predicted molar refractivity (Wildman–Crippen MR) is 65.8 cm³/mol. The number of rotatable bonds is 3. The molecule has 5 heteroatoms. The van der Waals surface area contributed by atoms with Crippen LogP contribution in [-0.2, 0) is 9.84 Å². The highest BCUT2D eigenvalue weighted by atomic mass is 35.5. The van der Waals surface area contributed by atoms with Crippen molar-refractivity contribution in [1.82, 2.24) is 0 Å². The molecule has 16 heavy (non-hydrogen) atoms. The van der Waals surface area contributed by atoms with E-state index in [1.807, 2.05) is 6.92 Å². The lowest BCUT2D eigenvalue weighted by Crippen LogP contribution is -2.11. The molecule has 0 heterocycles. The first-order chi connectivity index (χ1) is 7.31. The van der Waals surface area contributed by atoms with Crippen LogP contribution in [0.15, 0.2) is 29.2 Å². The maximum absolute atomic E-state index is 12.0. The zero-order valence-corrected chi connectivity index (χ0v) is 11.1. The summed E-state index contributed by atoms with van der Waals surface area (Å²) in [6.07, 6.45) is 0.557. The van der Waals surface area contributed by atoms with Gasteiger partial charge in [-0.1, -0.05) is 17.7 Å². The second-order valence-electron chi connectivity index (χ2n) is 4.26. The Morgan fingerprint density at radius 2 is 1.81 bits per heavy atom. The van der Waals surface area contributed by atoms with Crippen molar-refractivity contribution in [3.05, 3.63) is 29.8 Å². The quantitative estimate of drug-likeness (QED) is 0.797. The van der Waals surface area contributed by atoms with Crippen LogP contribution in [0.3, 0.4) is 0 Å². The third-order valence-electron chi connectivity index (χ3n) is 2.76. The van der Waals surface area contributed by atoms with Gasteiger partial charge in [0.05, 0.1) is 10.6 Å². The molecule has 1 aromatic carbocycles. The Morgan fingerprint density at radius 3 is 2.25 bits per heavy atom. The molecular formula is C11H12Cl2O2S. The minimum Gasteiger partial charge on any atom is -0.224 e. The summed E-state index contributed by atoms with van der Waals surface area (Å²) < 4.78 is 23.1. The molecule has 1 saturated carbocycles. The molecular weight excluding hydrogens is 267 g/mol. The van der Waals surface area contributed by atoms with E-state index < -0.39 is 14.2 Å². The molecule has 1 aliphatic carbocycles. The van der Waals surface area contributed by atoms with Gasteiger partial charge in [-0.25, -0.2) is 8.42 Å². The molecule has 1 fully saturated rings. The first-order valence-electron chi connectivity index (χ1n) is 4.98. The molecule has 1 aromatic rings. The first kappa shape index (κ1) is 12.2. The van der Waals surface area contributed by atoms with Crippen LogP contribution in [0.2, 0.25) is 0 Å². The standard InChI is InChI=1S/C11H12Cl2O2S/c1-8-2-4-10(5-3-8)16(14,15)7-9-6-11(9,12)13/h2-5,9H,6-7H2,1H3/t9-/m0/s1. The molecule has 0 spiro atoms. The summed E-state index contributed by atoms with van der Waals surface area (Å²) in [4.78, 5) is 0.342. The fraction of sp³-hybridized carbons (Fsp3) is 0.455. The van der Waals surface area contributed by atoms with Crippen LogP contribution in [0.5, 0.6) is 0 Å². The summed E-state index contributed by atoms with van der Waals surface area (Å²) in [7, 11) is -3.25. The van der Waals surface area contributed by atoms with Gasteiger partial charge in [0.25, 0.3) is 0 Å². The number of halogens is 2. The summed E-state index contributed by atoms with van der Waals surface area (Å²) >= 11 is 11.7. The Kier molecular flexibility index (Phi) is 2.97. The Hall–Kier alpha value is -0.250. The lowest BCUT2D eigenvalue weighted by molar-refractivity contribution is 0.592. The summed E-state index contributed by atoms with van der Waals surface area (Å²) in [5.41, 5.74) is 1.04. The number of aryl methyl sites for hydroxylation is 1. The second kappa shape index (κ2) is 3.90. The van der Waals surface area contributed by atoms with Gasteiger partial charge in [-0.3, -0.25) is 0 Å². The normalized spacial score (nSPS) is 23.1.